The Morgan fingerprint density at radius 2 is 1.81 bits per heavy atom. The average molecular weight is 293 g/mol. The number of esters is 2. The van der Waals surface area contributed by atoms with Gasteiger partial charge in [-0.15, -0.1) is 0 Å². The first kappa shape index (κ1) is 17.2. The SMILES string of the molecule is CCCCOC(=O)C(CCN)C(=O)OCc1ccccc1. The molecule has 0 bridgehead atoms. The number of unbranched alkanes of at least 4 members (excludes halogenated alkanes) is 1. The van der Waals surface area contributed by atoms with E-state index in [1.54, 1.807) is 0 Å². The fourth-order valence-electron chi connectivity index (χ4n) is 1.75. The third kappa shape index (κ3) is 6.40. The van der Waals surface area contributed by atoms with Gasteiger partial charge < -0.3 is 15.2 Å². The summed E-state index contributed by atoms with van der Waals surface area (Å²) in [4.78, 5) is 23.9. The minimum Gasteiger partial charge on any atom is -0.465 e. The van der Waals surface area contributed by atoms with Gasteiger partial charge in [0.15, 0.2) is 5.92 Å². The van der Waals surface area contributed by atoms with Gasteiger partial charge in [0.1, 0.15) is 6.61 Å². The predicted octanol–water partition coefficient (Wildman–Crippen LogP) is 2.04. The second kappa shape index (κ2) is 9.94. The summed E-state index contributed by atoms with van der Waals surface area (Å²) in [6.45, 7) is 2.69. The third-order valence-corrected chi connectivity index (χ3v) is 2.99. The highest BCUT2D eigenvalue weighted by atomic mass is 16.6. The second-order valence-corrected chi connectivity index (χ2v) is 4.74. The van der Waals surface area contributed by atoms with Crippen molar-refractivity contribution < 1.29 is 19.1 Å². The predicted molar refractivity (Wildman–Crippen MR) is 79.3 cm³/mol. The standard InChI is InChI=1S/C16H23NO4/c1-2-3-11-20-15(18)14(9-10-17)16(19)21-12-13-7-5-4-6-8-13/h4-8,14H,2-3,9-12,17H2,1H3. The minimum absolute atomic E-state index is 0.142. The van der Waals surface area contributed by atoms with Crippen LogP contribution in [0.5, 0.6) is 0 Å². The number of carbonyl (C=O) groups is 2. The van der Waals surface area contributed by atoms with Gasteiger partial charge in [-0.2, -0.15) is 0 Å². The summed E-state index contributed by atoms with van der Waals surface area (Å²) < 4.78 is 10.2. The normalized spacial score (nSPS) is 11.7. The number of ether oxygens (including phenoxy) is 2. The zero-order valence-corrected chi connectivity index (χ0v) is 12.4. The maximum atomic E-state index is 12.0. The zero-order valence-electron chi connectivity index (χ0n) is 12.4. The average Bonchev–Trinajstić information content (AvgIpc) is 2.51. The molecular weight excluding hydrogens is 270 g/mol. The lowest BCUT2D eigenvalue weighted by Gasteiger charge is -2.14. The van der Waals surface area contributed by atoms with Crippen LogP contribution in [0.3, 0.4) is 0 Å². The van der Waals surface area contributed by atoms with Crippen LogP contribution >= 0.6 is 0 Å². The van der Waals surface area contributed by atoms with Gasteiger partial charge in [0.2, 0.25) is 0 Å². The van der Waals surface area contributed by atoms with Crippen LogP contribution in [0.2, 0.25) is 0 Å². The molecule has 0 radical (unpaired) electrons. The second-order valence-electron chi connectivity index (χ2n) is 4.74. The highest BCUT2D eigenvalue weighted by Gasteiger charge is 2.28. The molecule has 21 heavy (non-hydrogen) atoms. The molecule has 0 heterocycles. The lowest BCUT2D eigenvalue weighted by atomic mass is 10.1. The molecule has 5 heteroatoms. The summed E-state index contributed by atoms with van der Waals surface area (Å²) >= 11 is 0. The Balaban J connectivity index is 2.50. The van der Waals surface area contributed by atoms with Crippen LogP contribution in [0.4, 0.5) is 0 Å². The van der Waals surface area contributed by atoms with Gasteiger partial charge in [0.25, 0.3) is 0 Å². The molecule has 0 saturated carbocycles. The Labute approximate surface area is 125 Å². The molecule has 1 aromatic carbocycles. The molecule has 5 nitrogen and oxygen atoms in total. The van der Waals surface area contributed by atoms with Crippen molar-refractivity contribution in [2.24, 2.45) is 11.7 Å². The highest BCUT2D eigenvalue weighted by Crippen LogP contribution is 2.11. The number of carbonyl (C=O) groups excluding carboxylic acids is 2. The molecular formula is C16H23NO4. The topological polar surface area (TPSA) is 78.6 Å². The van der Waals surface area contributed by atoms with E-state index in [1.165, 1.54) is 0 Å². The van der Waals surface area contributed by atoms with E-state index in [0.717, 1.165) is 18.4 Å². The largest absolute Gasteiger partial charge is 0.465 e. The summed E-state index contributed by atoms with van der Waals surface area (Å²) in [5.74, 6) is -2.06. The number of rotatable bonds is 9. The van der Waals surface area contributed by atoms with Crippen LogP contribution in [0.15, 0.2) is 30.3 Å². The van der Waals surface area contributed by atoms with Gasteiger partial charge in [-0.25, -0.2) is 0 Å². The highest BCUT2D eigenvalue weighted by molar-refractivity contribution is 5.94. The molecule has 1 unspecified atom stereocenters. The van der Waals surface area contributed by atoms with Crippen LogP contribution in [0.1, 0.15) is 31.7 Å². The maximum absolute atomic E-state index is 12.0. The smallest absolute Gasteiger partial charge is 0.320 e. The molecule has 0 aliphatic rings. The monoisotopic (exact) mass is 293 g/mol. The Kier molecular flexibility index (Phi) is 8.12. The Morgan fingerprint density at radius 1 is 1.14 bits per heavy atom. The van der Waals surface area contributed by atoms with Gasteiger partial charge in [-0.05, 0) is 24.9 Å². The molecule has 0 amide bonds. The van der Waals surface area contributed by atoms with Crippen molar-refractivity contribution in [1.82, 2.24) is 0 Å². The lowest BCUT2D eigenvalue weighted by Crippen LogP contribution is -2.30. The van der Waals surface area contributed by atoms with Gasteiger partial charge >= 0.3 is 11.9 Å². The fraction of sp³-hybridized carbons (Fsp3) is 0.500. The number of hydrogen-bond acceptors (Lipinski definition) is 5. The van der Waals surface area contributed by atoms with E-state index in [0.29, 0.717) is 6.61 Å². The molecule has 1 aromatic rings. The Bertz CT molecular complexity index is 433. The summed E-state index contributed by atoms with van der Waals surface area (Å²) in [6.07, 6.45) is 1.94. The van der Waals surface area contributed by atoms with E-state index in [9.17, 15) is 9.59 Å². The first-order valence-electron chi connectivity index (χ1n) is 7.26. The summed E-state index contributed by atoms with van der Waals surface area (Å²) in [6, 6.07) is 9.31. The molecule has 2 N–H and O–H groups in total. The van der Waals surface area contributed by atoms with Crippen molar-refractivity contribution in [1.29, 1.82) is 0 Å². The molecule has 0 aliphatic carbocycles. The fourth-order valence-corrected chi connectivity index (χ4v) is 1.75. The molecule has 0 fully saturated rings. The van der Waals surface area contributed by atoms with Gasteiger partial charge in [0, 0.05) is 0 Å². The Morgan fingerprint density at radius 3 is 2.43 bits per heavy atom. The van der Waals surface area contributed by atoms with Gasteiger partial charge in [0.05, 0.1) is 6.61 Å². The Hall–Kier alpha value is -1.88. The van der Waals surface area contributed by atoms with Crippen molar-refractivity contribution >= 4 is 11.9 Å². The van der Waals surface area contributed by atoms with Crippen LogP contribution in [-0.4, -0.2) is 25.1 Å². The van der Waals surface area contributed by atoms with E-state index in [4.69, 9.17) is 15.2 Å². The van der Waals surface area contributed by atoms with Crippen LogP contribution < -0.4 is 5.73 Å². The molecule has 0 aromatic heterocycles. The van der Waals surface area contributed by atoms with Crippen molar-refractivity contribution in [3.05, 3.63) is 35.9 Å². The minimum atomic E-state index is -0.935. The molecule has 0 saturated heterocycles. The number of nitrogens with two attached hydrogens (primary N) is 1. The van der Waals surface area contributed by atoms with Gasteiger partial charge in [-0.1, -0.05) is 43.7 Å². The number of hydrogen-bond donors (Lipinski definition) is 1. The van der Waals surface area contributed by atoms with E-state index < -0.39 is 17.9 Å². The molecule has 0 aliphatic heterocycles. The van der Waals surface area contributed by atoms with E-state index in [2.05, 4.69) is 0 Å². The van der Waals surface area contributed by atoms with E-state index in [1.807, 2.05) is 37.3 Å². The summed E-state index contributed by atoms with van der Waals surface area (Å²) in [5, 5.41) is 0. The van der Waals surface area contributed by atoms with Crippen molar-refractivity contribution in [3.63, 3.8) is 0 Å². The zero-order chi connectivity index (χ0) is 15.5. The summed E-state index contributed by atoms with van der Waals surface area (Å²) in [7, 11) is 0. The van der Waals surface area contributed by atoms with E-state index in [-0.39, 0.29) is 19.6 Å². The molecule has 1 rings (SSSR count). The van der Waals surface area contributed by atoms with Gasteiger partial charge in [-0.3, -0.25) is 9.59 Å². The van der Waals surface area contributed by atoms with E-state index >= 15 is 0 Å². The first-order chi connectivity index (χ1) is 10.2. The van der Waals surface area contributed by atoms with Crippen LogP contribution in [-0.2, 0) is 25.7 Å². The molecule has 0 spiro atoms. The lowest BCUT2D eigenvalue weighted by molar-refractivity contribution is -0.163. The first-order valence-corrected chi connectivity index (χ1v) is 7.26. The molecule has 1 atom stereocenters. The van der Waals surface area contributed by atoms with Crippen molar-refractivity contribution in [2.45, 2.75) is 32.8 Å². The number of benzene rings is 1. The van der Waals surface area contributed by atoms with Crippen LogP contribution in [0, 0.1) is 5.92 Å². The maximum Gasteiger partial charge on any atom is 0.320 e. The third-order valence-electron chi connectivity index (χ3n) is 2.99. The molecule has 116 valence electrons. The van der Waals surface area contributed by atoms with Crippen molar-refractivity contribution in [3.8, 4) is 0 Å². The quantitative estimate of drug-likeness (QED) is 0.428. The van der Waals surface area contributed by atoms with Crippen molar-refractivity contribution in [2.75, 3.05) is 13.2 Å². The summed E-state index contributed by atoms with van der Waals surface area (Å²) in [5.41, 5.74) is 6.32. The van der Waals surface area contributed by atoms with Crippen LogP contribution in [0.25, 0.3) is 0 Å².